The molecule has 1 saturated carbocycles. The van der Waals surface area contributed by atoms with Crippen LogP contribution in [0.3, 0.4) is 0 Å². The van der Waals surface area contributed by atoms with Crippen LogP contribution in [-0.4, -0.2) is 28.8 Å². The highest BCUT2D eigenvalue weighted by molar-refractivity contribution is 5.69. The van der Waals surface area contributed by atoms with Gasteiger partial charge in [-0.05, 0) is 57.9 Å². The number of pyridine rings is 1. The lowest BCUT2D eigenvalue weighted by Crippen LogP contribution is -2.50. The van der Waals surface area contributed by atoms with Crippen molar-refractivity contribution in [2.45, 2.75) is 76.5 Å². The van der Waals surface area contributed by atoms with Crippen LogP contribution < -0.4 is 16.0 Å². The Balaban J connectivity index is 1.92. The van der Waals surface area contributed by atoms with Gasteiger partial charge in [0.05, 0.1) is 22.7 Å². The van der Waals surface area contributed by atoms with E-state index in [4.69, 9.17) is 4.74 Å². The van der Waals surface area contributed by atoms with Gasteiger partial charge in [-0.1, -0.05) is 12.8 Å². The molecule has 0 saturated heterocycles. The fraction of sp³-hybridized carbons (Fsp3) is 0.480. The van der Waals surface area contributed by atoms with Crippen molar-refractivity contribution in [2.75, 3.05) is 10.6 Å². The Kier molecular flexibility index (Phi) is 8.52. The van der Waals surface area contributed by atoms with Crippen LogP contribution in [0.1, 0.15) is 63.1 Å². The molecule has 0 aliphatic heterocycles. The number of hydrogen-bond donors (Lipinski definition) is 3. The third-order valence-electron chi connectivity index (χ3n) is 5.74. The number of alkyl halides is 6. The van der Waals surface area contributed by atoms with Gasteiger partial charge in [0.15, 0.2) is 17.5 Å². The summed E-state index contributed by atoms with van der Waals surface area (Å²) in [6, 6.07) is 2.18. The number of carbonyl (C=O) groups excluding carboxylic acids is 1. The zero-order valence-corrected chi connectivity index (χ0v) is 21.1. The topological polar surface area (TPSA) is 99.1 Å². The number of ether oxygens (including phenoxy) is 1. The summed E-state index contributed by atoms with van der Waals surface area (Å²) in [6.45, 7) is 5.07. The second-order valence-electron chi connectivity index (χ2n) is 10.0. The number of rotatable bonds is 5. The van der Waals surface area contributed by atoms with Crippen LogP contribution in [0, 0.1) is 17.1 Å². The van der Waals surface area contributed by atoms with Crippen LogP contribution in [0.25, 0.3) is 0 Å². The first-order valence-electron chi connectivity index (χ1n) is 11.9. The van der Waals surface area contributed by atoms with E-state index in [0.29, 0.717) is 25.0 Å². The standard InChI is InChI=1S/C25H26F7N5O2/c1-23(2,3)39-22(38)36-19-7-5-4-6-18(19)35-21-17(26)8-13(12-33)20(37-21)34-16-10-14(24(27,28)29)9-15(11-16)25(30,31)32/h8-11,18-19H,4-7H2,1-3H3,(H,36,38)(H2,34,35,37)/t18-,19+/m1/s1. The highest BCUT2D eigenvalue weighted by Crippen LogP contribution is 2.38. The van der Waals surface area contributed by atoms with Gasteiger partial charge in [0.1, 0.15) is 11.7 Å². The number of nitrogens with one attached hydrogen (secondary N) is 3. The molecule has 1 aliphatic rings. The molecule has 212 valence electrons. The summed E-state index contributed by atoms with van der Waals surface area (Å²) in [5, 5.41) is 17.3. The van der Waals surface area contributed by atoms with Crippen molar-refractivity contribution in [3.8, 4) is 6.07 Å². The fourth-order valence-corrected chi connectivity index (χ4v) is 4.05. The molecule has 3 rings (SSSR count). The van der Waals surface area contributed by atoms with E-state index in [1.54, 1.807) is 26.8 Å². The van der Waals surface area contributed by atoms with Crippen molar-refractivity contribution in [1.82, 2.24) is 10.3 Å². The molecular weight excluding hydrogens is 535 g/mol. The van der Waals surface area contributed by atoms with E-state index in [9.17, 15) is 40.8 Å². The Labute approximate surface area is 219 Å². The van der Waals surface area contributed by atoms with Gasteiger partial charge in [-0.15, -0.1) is 0 Å². The normalized spacial score (nSPS) is 18.2. The van der Waals surface area contributed by atoms with E-state index in [1.807, 2.05) is 0 Å². The van der Waals surface area contributed by atoms with Gasteiger partial charge in [0, 0.05) is 11.7 Å². The highest BCUT2D eigenvalue weighted by Gasteiger charge is 2.37. The van der Waals surface area contributed by atoms with Gasteiger partial charge in [0.2, 0.25) is 0 Å². The average molecular weight is 562 g/mol. The molecule has 0 bridgehead atoms. The van der Waals surface area contributed by atoms with E-state index in [1.165, 1.54) is 0 Å². The quantitative estimate of drug-likeness (QED) is 0.336. The number of amides is 1. The summed E-state index contributed by atoms with van der Waals surface area (Å²) in [5.74, 6) is -1.83. The molecule has 1 aromatic carbocycles. The number of nitriles is 1. The van der Waals surface area contributed by atoms with Gasteiger partial charge >= 0.3 is 18.4 Å². The fourth-order valence-electron chi connectivity index (χ4n) is 4.05. The van der Waals surface area contributed by atoms with Crippen molar-refractivity contribution >= 4 is 23.4 Å². The summed E-state index contributed by atoms with van der Waals surface area (Å²) in [6.07, 6.45) is -8.33. The number of nitrogens with zero attached hydrogens (tertiary/aromatic N) is 2. The number of hydrogen-bond acceptors (Lipinski definition) is 6. The molecule has 1 heterocycles. The minimum atomic E-state index is -5.09. The minimum Gasteiger partial charge on any atom is -0.444 e. The smallest absolute Gasteiger partial charge is 0.416 e. The summed E-state index contributed by atoms with van der Waals surface area (Å²) in [7, 11) is 0. The van der Waals surface area contributed by atoms with E-state index in [0.717, 1.165) is 18.9 Å². The third kappa shape index (κ3) is 8.11. The van der Waals surface area contributed by atoms with Gasteiger partial charge in [0.25, 0.3) is 0 Å². The molecule has 3 N–H and O–H groups in total. The van der Waals surface area contributed by atoms with E-state index in [2.05, 4.69) is 20.9 Å². The van der Waals surface area contributed by atoms with Crippen LogP contribution >= 0.6 is 0 Å². The molecule has 39 heavy (non-hydrogen) atoms. The second kappa shape index (κ2) is 11.2. The Hall–Kier alpha value is -3.76. The Bertz CT molecular complexity index is 1220. The number of aromatic nitrogens is 1. The molecule has 7 nitrogen and oxygen atoms in total. The molecule has 1 fully saturated rings. The molecule has 2 aromatic rings. The summed E-state index contributed by atoms with van der Waals surface area (Å²) < 4.78 is 99.6. The molecule has 1 aliphatic carbocycles. The van der Waals surface area contributed by atoms with E-state index in [-0.39, 0.29) is 6.07 Å². The molecule has 2 atom stereocenters. The first kappa shape index (κ1) is 29.8. The zero-order valence-electron chi connectivity index (χ0n) is 21.1. The lowest BCUT2D eigenvalue weighted by molar-refractivity contribution is -0.143. The van der Waals surface area contributed by atoms with E-state index >= 15 is 0 Å². The molecule has 1 amide bonds. The van der Waals surface area contributed by atoms with Crippen LogP contribution in [0.15, 0.2) is 24.3 Å². The molecular formula is C25H26F7N5O2. The van der Waals surface area contributed by atoms with Crippen LogP contribution in [0.2, 0.25) is 0 Å². The molecule has 1 aromatic heterocycles. The predicted octanol–water partition coefficient (Wildman–Crippen LogP) is 7.12. The maximum absolute atomic E-state index is 14.9. The van der Waals surface area contributed by atoms with Crippen molar-refractivity contribution < 1.29 is 40.3 Å². The van der Waals surface area contributed by atoms with Crippen molar-refractivity contribution in [3.63, 3.8) is 0 Å². The average Bonchev–Trinajstić information content (AvgIpc) is 2.79. The SMILES string of the molecule is CC(C)(C)OC(=O)N[C@H]1CCCC[C@H]1Nc1nc(Nc2cc(C(F)(F)F)cc(C(F)(F)F)c2)c(C#N)cc1F. The Morgan fingerprint density at radius 1 is 0.949 bits per heavy atom. The van der Waals surface area contributed by atoms with Crippen LogP contribution in [0.5, 0.6) is 0 Å². The summed E-state index contributed by atoms with van der Waals surface area (Å²) >= 11 is 0. The number of benzene rings is 1. The highest BCUT2D eigenvalue weighted by atomic mass is 19.4. The molecule has 14 heteroatoms. The Morgan fingerprint density at radius 2 is 1.51 bits per heavy atom. The maximum atomic E-state index is 14.9. The predicted molar refractivity (Wildman–Crippen MR) is 128 cm³/mol. The van der Waals surface area contributed by atoms with Crippen molar-refractivity contribution in [2.24, 2.45) is 0 Å². The van der Waals surface area contributed by atoms with Gasteiger partial charge in [-0.2, -0.15) is 31.6 Å². The minimum absolute atomic E-state index is 0.0393. The van der Waals surface area contributed by atoms with Crippen LogP contribution in [-0.2, 0) is 17.1 Å². The zero-order chi connectivity index (χ0) is 29.2. The number of halogens is 7. The first-order valence-corrected chi connectivity index (χ1v) is 11.9. The van der Waals surface area contributed by atoms with Crippen LogP contribution in [0.4, 0.5) is 52.9 Å². The summed E-state index contributed by atoms with van der Waals surface area (Å²) in [5.41, 5.74) is -5.00. The molecule has 0 spiro atoms. The second-order valence-corrected chi connectivity index (χ2v) is 10.0. The first-order chi connectivity index (χ1) is 18.0. The number of anilines is 3. The third-order valence-corrected chi connectivity index (χ3v) is 5.74. The molecule has 0 radical (unpaired) electrons. The van der Waals surface area contributed by atoms with Gasteiger partial charge in [-0.25, -0.2) is 14.2 Å². The van der Waals surface area contributed by atoms with Gasteiger partial charge < -0.3 is 20.7 Å². The monoisotopic (exact) mass is 561 g/mol. The number of carbonyl (C=O) groups is 1. The lowest BCUT2D eigenvalue weighted by atomic mass is 9.90. The number of alkyl carbamates (subject to hydrolysis) is 1. The lowest BCUT2D eigenvalue weighted by Gasteiger charge is -2.33. The maximum Gasteiger partial charge on any atom is 0.416 e. The van der Waals surface area contributed by atoms with E-state index < -0.39 is 76.0 Å². The largest absolute Gasteiger partial charge is 0.444 e. The van der Waals surface area contributed by atoms with Crippen molar-refractivity contribution in [3.05, 3.63) is 46.8 Å². The Morgan fingerprint density at radius 3 is 2.03 bits per heavy atom. The van der Waals surface area contributed by atoms with Crippen molar-refractivity contribution in [1.29, 1.82) is 5.26 Å². The summed E-state index contributed by atoms with van der Waals surface area (Å²) in [4.78, 5) is 16.2. The molecule has 0 unspecified atom stereocenters. The van der Waals surface area contributed by atoms with Gasteiger partial charge in [-0.3, -0.25) is 0 Å².